The molecule has 264 valence electrons. The van der Waals surface area contributed by atoms with Crippen molar-refractivity contribution in [2.75, 3.05) is 5.32 Å². The molecule has 6 nitrogen and oxygen atoms in total. The van der Waals surface area contributed by atoms with Gasteiger partial charge in [0.1, 0.15) is 4.88 Å². The highest BCUT2D eigenvalue weighted by molar-refractivity contribution is 8.05. The number of aromatic hydroxyl groups is 2. The van der Waals surface area contributed by atoms with Crippen molar-refractivity contribution in [1.29, 1.82) is 0 Å². The maximum atomic E-state index is 15.5. The van der Waals surface area contributed by atoms with Crippen molar-refractivity contribution in [2.24, 2.45) is 22.7 Å². The van der Waals surface area contributed by atoms with E-state index in [1.165, 1.54) is 48.4 Å². The van der Waals surface area contributed by atoms with Crippen LogP contribution in [0.1, 0.15) is 65.7 Å². The van der Waals surface area contributed by atoms with Gasteiger partial charge in [-0.15, -0.1) is 0 Å². The number of allylic oxidation sites excluding steroid dienone is 1. The van der Waals surface area contributed by atoms with E-state index in [1.54, 1.807) is 0 Å². The molecule has 1 aromatic heterocycles. The first-order valence-electron chi connectivity index (χ1n) is 18.2. The van der Waals surface area contributed by atoms with Crippen molar-refractivity contribution in [2.45, 2.75) is 62.0 Å². The topological polar surface area (TPSA) is 89.8 Å². The molecule has 0 radical (unpaired) electrons. The lowest BCUT2D eigenvalue weighted by atomic mass is 9.48. The monoisotopic (exact) mass is 728 g/mol. The van der Waals surface area contributed by atoms with E-state index in [2.05, 4.69) is 46.0 Å². The standard InChI is InChI=1S/C43H41FN4O2S2/c44-37-20-34(19-36(38(37)49)42-21-30-14-31(22-42)16-32(15-30)23-42)33-13-7-12-29(17-33)18-35-26-47-43(52-35,46-25-28-10-5-2-6-11-28)39-40(50)48-41(51-39)45-24-27-8-3-1-4-9-27/h1-13,17-20,26,30-32,46,49-50H,14-16,21-25H2,(H,45,48). The van der Waals surface area contributed by atoms with Gasteiger partial charge in [0.2, 0.25) is 10.9 Å². The van der Waals surface area contributed by atoms with E-state index in [-0.39, 0.29) is 17.0 Å². The number of thiazole rings is 1. The Morgan fingerprint density at radius 3 is 2.15 bits per heavy atom. The second-order valence-corrected chi connectivity index (χ2v) is 17.3. The van der Waals surface area contributed by atoms with Crippen LogP contribution in [0, 0.1) is 23.6 Å². The van der Waals surface area contributed by atoms with E-state index >= 15 is 4.39 Å². The third-order valence-corrected chi connectivity index (χ3v) is 13.9. The molecule has 9 heteroatoms. The first kappa shape index (κ1) is 33.4. The van der Waals surface area contributed by atoms with Crippen LogP contribution in [0.15, 0.2) is 107 Å². The third-order valence-electron chi connectivity index (χ3n) is 11.4. The molecule has 10 rings (SSSR count). The summed E-state index contributed by atoms with van der Waals surface area (Å²) in [5.74, 6) is 1.32. The van der Waals surface area contributed by atoms with Gasteiger partial charge in [0.15, 0.2) is 16.7 Å². The molecule has 0 amide bonds. The Labute approximate surface area is 312 Å². The molecule has 1 unspecified atom stereocenters. The van der Waals surface area contributed by atoms with E-state index in [4.69, 9.17) is 4.99 Å². The van der Waals surface area contributed by atoms with Crippen LogP contribution in [0.2, 0.25) is 0 Å². The zero-order chi connectivity index (χ0) is 35.3. The average molecular weight is 729 g/mol. The Kier molecular flexibility index (Phi) is 8.68. The van der Waals surface area contributed by atoms with E-state index in [0.29, 0.717) is 40.9 Å². The van der Waals surface area contributed by atoms with Crippen molar-refractivity contribution < 1.29 is 14.6 Å². The minimum Gasteiger partial charge on any atom is -0.505 e. The molecule has 4 fully saturated rings. The molecule has 1 atom stereocenters. The lowest BCUT2D eigenvalue weighted by molar-refractivity contribution is -0.00632. The Morgan fingerprint density at radius 1 is 0.788 bits per heavy atom. The minimum absolute atomic E-state index is 0.0572. The van der Waals surface area contributed by atoms with E-state index in [1.807, 2.05) is 72.9 Å². The van der Waals surface area contributed by atoms with Crippen LogP contribution < -0.4 is 10.6 Å². The maximum absolute atomic E-state index is 15.5. The molecule has 0 saturated heterocycles. The summed E-state index contributed by atoms with van der Waals surface area (Å²) in [6, 6.07) is 31.9. The molecule has 4 saturated carbocycles. The Hall–Kier alpha value is -4.44. The molecule has 4 bridgehead atoms. The molecule has 2 heterocycles. The molecule has 52 heavy (non-hydrogen) atoms. The fourth-order valence-corrected chi connectivity index (χ4v) is 11.7. The number of nitrogens with one attached hydrogen (secondary N) is 2. The number of hydrogen-bond acceptors (Lipinski definition) is 8. The number of thioether (sulfide) groups is 1. The zero-order valence-corrected chi connectivity index (χ0v) is 30.4. The van der Waals surface area contributed by atoms with Crippen molar-refractivity contribution in [3.05, 3.63) is 135 Å². The summed E-state index contributed by atoms with van der Waals surface area (Å²) in [6.45, 7) is 1.13. The lowest BCUT2D eigenvalue weighted by Crippen LogP contribution is -2.48. The summed E-state index contributed by atoms with van der Waals surface area (Å²) in [6.07, 6.45) is 11.0. The van der Waals surface area contributed by atoms with Crippen molar-refractivity contribution in [3.8, 4) is 22.8 Å². The van der Waals surface area contributed by atoms with Gasteiger partial charge < -0.3 is 15.5 Å². The first-order chi connectivity index (χ1) is 25.3. The maximum Gasteiger partial charge on any atom is 0.232 e. The molecule has 5 aliphatic rings. The Morgan fingerprint density at radius 2 is 1.46 bits per heavy atom. The summed E-state index contributed by atoms with van der Waals surface area (Å²) < 4.78 is 15.5. The third kappa shape index (κ3) is 6.44. The van der Waals surface area contributed by atoms with Gasteiger partial charge in [0.05, 0.1) is 0 Å². The van der Waals surface area contributed by atoms with E-state index in [9.17, 15) is 10.2 Å². The van der Waals surface area contributed by atoms with Crippen LogP contribution >= 0.6 is 23.1 Å². The number of halogens is 1. The summed E-state index contributed by atoms with van der Waals surface area (Å²) in [7, 11) is 0. The Balaban J connectivity index is 0.998. The quantitative estimate of drug-likeness (QED) is 0.115. The fourth-order valence-electron chi connectivity index (χ4n) is 9.49. The first-order valence-corrected chi connectivity index (χ1v) is 19.8. The highest BCUT2D eigenvalue weighted by atomic mass is 32.2. The van der Waals surface area contributed by atoms with Crippen molar-refractivity contribution in [1.82, 2.24) is 10.3 Å². The van der Waals surface area contributed by atoms with Gasteiger partial charge >= 0.3 is 0 Å². The van der Waals surface area contributed by atoms with Gasteiger partial charge in [0.25, 0.3) is 0 Å². The van der Waals surface area contributed by atoms with Gasteiger partial charge in [-0.2, -0.15) is 4.98 Å². The molecule has 4 aromatic carbocycles. The average Bonchev–Trinajstić information content (AvgIpc) is 3.74. The molecular formula is C43H41FN4O2S2. The van der Waals surface area contributed by atoms with Gasteiger partial charge in [-0.1, -0.05) is 102 Å². The number of aromatic nitrogens is 1. The van der Waals surface area contributed by atoms with Crippen LogP contribution in [0.25, 0.3) is 17.2 Å². The smallest absolute Gasteiger partial charge is 0.232 e. The number of benzene rings is 4. The molecular weight excluding hydrogens is 688 g/mol. The van der Waals surface area contributed by atoms with Gasteiger partial charge in [-0.05, 0) is 114 Å². The highest BCUT2D eigenvalue weighted by Gasteiger charge is 2.52. The second kappa shape index (κ2) is 13.5. The number of hydrogen-bond donors (Lipinski definition) is 4. The molecule has 1 aliphatic heterocycles. The highest BCUT2D eigenvalue weighted by Crippen LogP contribution is 2.62. The van der Waals surface area contributed by atoms with E-state index in [0.717, 1.165) is 57.5 Å². The summed E-state index contributed by atoms with van der Waals surface area (Å²) >= 11 is 2.91. The van der Waals surface area contributed by atoms with Gasteiger partial charge in [-0.25, -0.2) is 4.39 Å². The zero-order valence-electron chi connectivity index (χ0n) is 28.8. The van der Waals surface area contributed by atoms with Crippen molar-refractivity contribution >= 4 is 40.5 Å². The lowest BCUT2D eigenvalue weighted by Gasteiger charge is -2.57. The predicted molar refractivity (Wildman–Crippen MR) is 210 cm³/mol. The molecule has 0 spiro atoms. The normalized spacial score (nSPS) is 26.7. The predicted octanol–water partition coefficient (Wildman–Crippen LogP) is 10.2. The van der Waals surface area contributed by atoms with Crippen LogP contribution in [-0.4, -0.2) is 21.4 Å². The largest absolute Gasteiger partial charge is 0.505 e. The Bertz CT molecular complexity index is 2130. The van der Waals surface area contributed by atoms with Crippen LogP contribution in [0.4, 0.5) is 9.52 Å². The van der Waals surface area contributed by atoms with Crippen molar-refractivity contribution in [3.63, 3.8) is 0 Å². The number of nitrogens with zero attached hydrogens (tertiary/aromatic N) is 2. The minimum atomic E-state index is -0.986. The molecule has 5 aromatic rings. The summed E-state index contributed by atoms with van der Waals surface area (Å²) in [4.78, 5) is 10.0. The fraction of sp³-hybridized carbons (Fsp3) is 0.302. The molecule has 4 aliphatic carbocycles. The van der Waals surface area contributed by atoms with Gasteiger partial charge in [-0.3, -0.25) is 10.3 Å². The summed E-state index contributed by atoms with van der Waals surface area (Å²) in [5, 5.41) is 29.9. The second-order valence-electron chi connectivity index (χ2n) is 15.1. The van der Waals surface area contributed by atoms with Gasteiger partial charge in [0, 0.05) is 29.8 Å². The number of rotatable bonds is 10. The van der Waals surface area contributed by atoms with Crippen LogP contribution in [0.5, 0.6) is 11.6 Å². The summed E-state index contributed by atoms with van der Waals surface area (Å²) in [5.41, 5.74) is 5.55. The van der Waals surface area contributed by atoms with Crippen LogP contribution in [0.3, 0.4) is 0 Å². The number of anilines is 1. The number of phenolic OH excluding ortho intramolecular Hbond substituents is 1. The number of aliphatic imine (C=N–C) groups is 1. The number of phenols is 1. The molecule has 4 N–H and O–H groups in total. The van der Waals surface area contributed by atoms with Crippen LogP contribution in [-0.2, 0) is 23.5 Å². The SMILES string of the molecule is Oc1nc(NCc2ccccc2)sc1C1(NCc2ccccc2)N=CC(=Cc2cccc(-c3cc(F)c(O)c(C45CC6CC(CC(C6)C4)C5)c3)c2)S1. The van der Waals surface area contributed by atoms with E-state index < -0.39 is 10.8 Å².